The fourth-order valence-electron chi connectivity index (χ4n) is 2.67. The predicted octanol–water partition coefficient (Wildman–Crippen LogP) is 3.35. The van der Waals surface area contributed by atoms with Gasteiger partial charge < -0.3 is 15.8 Å². The lowest BCUT2D eigenvalue weighted by atomic mass is 10.00. The molecule has 0 saturated heterocycles. The van der Waals surface area contributed by atoms with Crippen molar-refractivity contribution in [1.29, 1.82) is 0 Å². The van der Waals surface area contributed by atoms with E-state index in [1.165, 1.54) is 0 Å². The summed E-state index contributed by atoms with van der Waals surface area (Å²) in [6, 6.07) is 7.74. The first kappa shape index (κ1) is 17.8. The maximum absolute atomic E-state index is 12.1. The van der Waals surface area contributed by atoms with Crippen LogP contribution in [0.4, 0.5) is 5.69 Å². The van der Waals surface area contributed by atoms with E-state index in [4.69, 9.17) is 10.5 Å². The summed E-state index contributed by atoms with van der Waals surface area (Å²) in [4.78, 5) is 12.1. The molecule has 0 unspecified atom stereocenters. The number of hydrogen-bond donors (Lipinski definition) is 2. The number of benzene rings is 1. The highest BCUT2D eigenvalue weighted by atomic mass is 35.5. The van der Waals surface area contributed by atoms with Crippen molar-refractivity contribution in [3.63, 3.8) is 0 Å². The average molecular weight is 313 g/mol. The molecular weight excluding hydrogens is 288 g/mol. The van der Waals surface area contributed by atoms with E-state index < -0.39 is 0 Å². The zero-order valence-electron chi connectivity index (χ0n) is 12.5. The van der Waals surface area contributed by atoms with Crippen molar-refractivity contribution < 1.29 is 9.53 Å². The molecule has 1 aromatic carbocycles. The van der Waals surface area contributed by atoms with Gasteiger partial charge in [-0.25, -0.2) is 0 Å². The standard InChI is InChI=1S/C16H24N2O2.ClH/c1-2-10-20-15-9-4-3-8-14(15)18-16(19)11-12-6-5-7-13(12)17;/h3-4,8-9,12-13H,2,5-7,10-11,17H2,1H3,(H,18,19);1H/t12-,13+;/m0./s1. The Morgan fingerprint density at radius 1 is 1.38 bits per heavy atom. The van der Waals surface area contributed by atoms with Crippen LogP contribution in [0.1, 0.15) is 39.0 Å². The Balaban J connectivity index is 0.00000220. The van der Waals surface area contributed by atoms with Gasteiger partial charge in [-0.15, -0.1) is 12.4 Å². The van der Waals surface area contributed by atoms with Crippen molar-refractivity contribution in [3.8, 4) is 5.75 Å². The Morgan fingerprint density at radius 3 is 2.81 bits per heavy atom. The van der Waals surface area contributed by atoms with E-state index in [2.05, 4.69) is 12.2 Å². The summed E-state index contributed by atoms with van der Waals surface area (Å²) >= 11 is 0. The van der Waals surface area contributed by atoms with Gasteiger partial charge in [-0.05, 0) is 37.3 Å². The first-order chi connectivity index (χ1) is 9.70. The molecule has 1 amide bonds. The van der Waals surface area contributed by atoms with E-state index in [0.717, 1.165) is 37.1 Å². The van der Waals surface area contributed by atoms with Gasteiger partial charge in [-0.3, -0.25) is 4.79 Å². The smallest absolute Gasteiger partial charge is 0.224 e. The SMILES string of the molecule is CCCOc1ccccc1NC(=O)C[C@@H]1CCC[C@H]1N.Cl. The van der Waals surface area contributed by atoms with Crippen LogP contribution < -0.4 is 15.8 Å². The normalized spacial score (nSPS) is 20.7. The maximum Gasteiger partial charge on any atom is 0.224 e. The summed E-state index contributed by atoms with van der Waals surface area (Å²) in [5, 5.41) is 2.95. The third-order valence-corrected chi connectivity index (χ3v) is 3.79. The summed E-state index contributed by atoms with van der Waals surface area (Å²) in [6.07, 6.45) is 4.68. The van der Waals surface area contributed by atoms with Crippen LogP contribution in [-0.4, -0.2) is 18.6 Å². The first-order valence-corrected chi connectivity index (χ1v) is 7.48. The summed E-state index contributed by atoms with van der Waals surface area (Å²) in [7, 11) is 0. The van der Waals surface area contributed by atoms with Crippen LogP contribution >= 0.6 is 12.4 Å². The fourth-order valence-corrected chi connectivity index (χ4v) is 2.67. The molecule has 0 aromatic heterocycles. The van der Waals surface area contributed by atoms with Crippen LogP contribution in [-0.2, 0) is 4.79 Å². The van der Waals surface area contributed by atoms with Crippen LogP contribution in [0.3, 0.4) is 0 Å². The minimum atomic E-state index is 0. The van der Waals surface area contributed by atoms with Gasteiger partial charge in [0.1, 0.15) is 5.75 Å². The molecule has 3 N–H and O–H groups in total. The van der Waals surface area contributed by atoms with Crippen molar-refractivity contribution in [2.45, 2.75) is 45.1 Å². The van der Waals surface area contributed by atoms with Gasteiger partial charge in [-0.1, -0.05) is 25.5 Å². The van der Waals surface area contributed by atoms with Crippen molar-refractivity contribution in [2.24, 2.45) is 11.7 Å². The van der Waals surface area contributed by atoms with Crippen LogP contribution in [0.25, 0.3) is 0 Å². The zero-order chi connectivity index (χ0) is 14.4. The zero-order valence-corrected chi connectivity index (χ0v) is 13.3. The molecule has 1 aliphatic rings. The Bertz CT molecular complexity index is 454. The highest BCUT2D eigenvalue weighted by Gasteiger charge is 2.26. The van der Waals surface area contributed by atoms with E-state index in [9.17, 15) is 4.79 Å². The molecule has 1 aliphatic carbocycles. The molecule has 0 bridgehead atoms. The number of carbonyl (C=O) groups is 1. The Hall–Kier alpha value is -1.26. The van der Waals surface area contributed by atoms with Gasteiger partial charge in [0.15, 0.2) is 0 Å². The van der Waals surface area contributed by atoms with Crippen molar-refractivity contribution in [3.05, 3.63) is 24.3 Å². The highest BCUT2D eigenvalue weighted by molar-refractivity contribution is 5.92. The van der Waals surface area contributed by atoms with Gasteiger partial charge in [0.25, 0.3) is 0 Å². The minimum absolute atomic E-state index is 0. The first-order valence-electron chi connectivity index (χ1n) is 7.48. The van der Waals surface area contributed by atoms with Gasteiger partial charge in [0, 0.05) is 12.5 Å². The quantitative estimate of drug-likeness (QED) is 0.846. The van der Waals surface area contributed by atoms with Crippen molar-refractivity contribution in [2.75, 3.05) is 11.9 Å². The third-order valence-electron chi connectivity index (χ3n) is 3.79. The van der Waals surface area contributed by atoms with Gasteiger partial charge in [-0.2, -0.15) is 0 Å². The second-order valence-corrected chi connectivity index (χ2v) is 5.45. The maximum atomic E-state index is 12.1. The molecule has 2 atom stereocenters. The summed E-state index contributed by atoms with van der Waals surface area (Å²) < 4.78 is 5.64. The fraction of sp³-hybridized carbons (Fsp3) is 0.562. The number of ether oxygens (including phenoxy) is 1. The predicted molar refractivity (Wildman–Crippen MR) is 88.0 cm³/mol. The van der Waals surface area contributed by atoms with Crippen molar-refractivity contribution >= 4 is 24.0 Å². The van der Waals surface area contributed by atoms with E-state index in [-0.39, 0.29) is 24.4 Å². The Morgan fingerprint density at radius 2 is 2.14 bits per heavy atom. The Labute approximate surface area is 132 Å². The van der Waals surface area contributed by atoms with E-state index in [1.54, 1.807) is 0 Å². The van der Waals surface area contributed by atoms with E-state index >= 15 is 0 Å². The lowest BCUT2D eigenvalue weighted by molar-refractivity contribution is -0.117. The molecule has 1 fully saturated rings. The number of anilines is 1. The second kappa shape index (κ2) is 8.90. The molecule has 1 aromatic rings. The minimum Gasteiger partial charge on any atom is -0.491 e. The van der Waals surface area contributed by atoms with Crippen LogP contribution in [0.15, 0.2) is 24.3 Å². The average Bonchev–Trinajstić information content (AvgIpc) is 2.83. The molecule has 0 heterocycles. The second-order valence-electron chi connectivity index (χ2n) is 5.45. The lowest BCUT2D eigenvalue weighted by Gasteiger charge is -2.16. The number of nitrogens with two attached hydrogens (primary N) is 1. The summed E-state index contributed by atoms with van der Waals surface area (Å²) in [5.74, 6) is 1.08. The van der Waals surface area contributed by atoms with Gasteiger partial charge >= 0.3 is 0 Å². The molecule has 0 aliphatic heterocycles. The summed E-state index contributed by atoms with van der Waals surface area (Å²) in [6.45, 7) is 2.71. The van der Waals surface area contributed by atoms with Crippen molar-refractivity contribution in [1.82, 2.24) is 0 Å². The molecule has 1 saturated carbocycles. The number of para-hydroxylation sites is 2. The largest absolute Gasteiger partial charge is 0.491 e. The molecule has 118 valence electrons. The lowest BCUT2D eigenvalue weighted by Crippen LogP contribution is -2.28. The number of carbonyl (C=O) groups excluding carboxylic acids is 1. The highest BCUT2D eigenvalue weighted by Crippen LogP contribution is 2.28. The number of amides is 1. The van der Waals surface area contributed by atoms with Crippen LogP contribution in [0.5, 0.6) is 5.75 Å². The molecule has 0 radical (unpaired) electrons. The topological polar surface area (TPSA) is 64.3 Å². The Kier molecular flexibility index (Phi) is 7.54. The monoisotopic (exact) mass is 312 g/mol. The molecule has 4 nitrogen and oxygen atoms in total. The number of rotatable bonds is 6. The van der Waals surface area contributed by atoms with Gasteiger partial charge in [0.2, 0.25) is 5.91 Å². The third kappa shape index (κ3) is 5.21. The molecule has 2 rings (SSSR count). The molecular formula is C16H25ClN2O2. The number of nitrogens with one attached hydrogen (secondary N) is 1. The van der Waals surface area contributed by atoms with Crippen LogP contribution in [0, 0.1) is 5.92 Å². The molecule has 0 spiro atoms. The van der Waals surface area contributed by atoms with Gasteiger partial charge in [0.05, 0.1) is 12.3 Å². The number of halogens is 1. The number of hydrogen-bond acceptors (Lipinski definition) is 3. The van der Waals surface area contributed by atoms with Crippen LogP contribution in [0.2, 0.25) is 0 Å². The molecule has 5 heteroatoms. The van der Waals surface area contributed by atoms with E-state index in [0.29, 0.717) is 18.9 Å². The van der Waals surface area contributed by atoms with E-state index in [1.807, 2.05) is 24.3 Å². The molecule has 21 heavy (non-hydrogen) atoms. The summed E-state index contributed by atoms with van der Waals surface area (Å²) in [5.41, 5.74) is 6.76.